The molecule has 154 valence electrons. The third kappa shape index (κ3) is 5.17. The maximum absolute atomic E-state index is 14.0. The van der Waals surface area contributed by atoms with Crippen molar-refractivity contribution < 1.29 is 18.8 Å². The molecule has 0 unspecified atom stereocenters. The Kier molecular flexibility index (Phi) is 6.23. The summed E-state index contributed by atoms with van der Waals surface area (Å²) in [6.07, 6.45) is 3.22. The average molecular weight is 403 g/mol. The number of rotatable bonds is 5. The molecule has 2 heterocycles. The van der Waals surface area contributed by atoms with Crippen LogP contribution in [0.25, 0.3) is 0 Å². The Morgan fingerprint density at radius 2 is 2.07 bits per heavy atom. The van der Waals surface area contributed by atoms with E-state index < -0.39 is 10.7 Å². The lowest BCUT2D eigenvalue weighted by atomic mass is 10.0. The highest BCUT2D eigenvalue weighted by atomic mass is 19.1. The van der Waals surface area contributed by atoms with E-state index in [1.807, 2.05) is 0 Å². The van der Waals surface area contributed by atoms with E-state index in [1.54, 1.807) is 11.9 Å². The van der Waals surface area contributed by atoms with Crippen LogP contribution in [0, 0.1) is 15.9 Å². The first-order chi connectivity index (χ1) is 13.8. The van der Waals surface area contributed by atoms with Gasteiger partial charge in [0.05, 0.1) is 11.0 Å². The number of hydrogen-bond acceptors (Lipinski definition) is 6. The number of nitrogens with one attached hydrogen (secondary N) is 1. The van der Waals surface area contributed by atoms with Gasteiger partial charge < -0.3 is 14.5 Å². The van der Waals surface area contributed by atoms with Crippen LogP contribution in [-0.2, 0) is 0 Å². The van der Waals surface area contributed by atoms with E-state index in [4.69, 9.17) is 4.74 Å². The molecule has 0 saturated carbocycles. The lowest BCUT2D eigenvalue weighted by Crippen LogP contribution is -2.46. The molecule has 2 amide bonds. The number of ether oxygens (including phenoxy) is 1. The number of aromatic nitrogens is 1. The van der Waals surface area contributed by atoms with Gasteiger partial charge in [-0.05, 0) is 45.1 Å². The SMILES string of the molecule is CN1CCC(N(C)C(=O)Nc2cc(Oc3ccc([N+](=O)[O-])cc3F)ccn2)CC1. The van der Waals surface area contributed by atoms with E-state index in [2.05, 4.69) is 22.2 Å². The van der Waals surface area contributed by atoms with Crippen LogP contribution in [0.1, 0.15) is 12.8 Å². The van der Waals surface area contributed by atoms with Gasteiger partial charge in [0.2, 0.25) is 0 Å². The third-order valence-electron chi connectivity index (χ3n) is 4.88. The van der Waals surface area contributed by atoms with Crippen molar-refractivity contribution in [3.05, 3.63) is 52.5 Å². The third-order valence-corrected chi connectivity index (χ3v) is 4.88. The molecule has 2 aromatic rings. The summed E-state index contributed by atoms with van der Waals surface area (Å²) < 4.78 is 19.5. The molecule has 9 nitrogen and oxygen atoms in total. The first-order valence-electron chi connectivity index (χ1n) is 9.13. The topological polar surface area (TPSA) is 101 Å². The number of carbonyl (C=O) groups is 1. The molecular weight excluding hydrogens is 381 g/mol. The number of piperidine rings is 1. The number of pyridine rings is 1. The van der Waals surface area contributed by atoms with Gasteiger partial charge in [-0.3, -0.25) is 15.4 Å². The number of urea groups is 1. The molecule has 1 aromatic carbocycles. The number of carbonyl (C=O) groups excluding carboxylic acids is 1. The first kappa shape index (κ1) is 20.5. The summed E-state index contributed by atoms with van der Waals surface area (Å²) in [4.78, 5) is 30.5. The van der Waals surface area contributed by atoms with Crippen LogP contribution < -0.4 is 10.1 Å². The smallest absolute Gasteiger partial charge is 0.323 e. The Labute approximate surface area is 167 Å². The number of amides is 2. The summed E-state index contributed by atoms with van der Waals surface area (Å²) in [6, 6.07) is 5.94. The molecule has 1 aliphatic heterocycles. The molecule has 1 fully saturated rings. The molecule has 29 heavy (non-hydrogen) atoms. The molecule has 10 heteroatoms. The first-order valence-corrected chi connectivity index (χ1v) is 9.13. The Balaban J connectivity index is 1.65. The van der Waals surface area contributed by atoms with E-state index in [-0.39, 0.29) is 35.1 Å². The number of nitro groups is 1. The summed E-state index contributed by atoms with van der Waals surface area (Å²) in [5.41, 5.74) is -0.366. The van der Waals surface area contributed by atoms with Gasteiger partial charge in [-0.1, -0.05) is 0 Å². The molecule has 0 radical (unpaired) electrons. The fourth-order valence-electron chi connectivity index (χ4n) is 3.10. The minimum atomic E-state index is -0.858. The molecule has 1 aromatic heterocycles. The van der Waals surface area contributed by atoms with Gasteiger partial charge >= 0.3 is 6.03 Å². The van der Waals surface area contributed by atoms with Crippen LogP contribution in [0.5, 0.6) is 11.5 Å². The molecule has 0 atom stereocenters. The number of nitro benzene ring substituents is 1. The van der Waals surface area contributed by atoms with Gasteiger partial charge in [-0.25, -0.2) is 14.2 Å². The normalized spacial score (nSPS) is 15.0. The largest absolute Gasteiger partial charge is 0.454 e. The number of non-ortho nitro benzene ring substituents is 1. The Hall–Kier alpha value is -3.27. The van der Waals surface area contributed by atoms with Crippen molar-refractivity contribution in [1.82, 2.24) is 14.8 Å². The molecule has 0 spiro atoms. The number of nitrogens with zero attached hydrogens (tertiary/aromatic N) is 4. The van der Waals surface area contributed by atoms with Crippen molar-refractivity contribution in [2.24, 2.45) is 0 Å². The number of likely N-dealkylation sites (tertiary alicyclic amines) is 1. The second-order valence-electron chi connectivity index (χ2n) is 6.93. The van der Waals surface area contributed by atoms with Crippen molar-refractivity contribution in [3.8, 4) is 11.5 Å². The number of anilines is 1. The summed E-state index contributed by atoms with van der Waals surface area (Å²) >= 11 is 0. The fraction of sp³-hybridized carbons (Fsp3) is 0.368. The quantitative estimate of drug-likeness (QED) is 0.606. The molecular formula is C19H22FN5O4. The highest BCUT2D eigenvalue weighted by molar-refractivity contribution is 5.88. The van der Waals surface area contributed by atoms with Crippen molar-refractivity contribution >= 4 is 17.5 Å². The maximum Gasteiger partial charge on any atom is 0.323 e. The minimum absolute atomic E-state index is 0.153. The van der Waals surface area contributed by atoms with Crippen LogP contribution >= 0.6 is 0 Å². The molecule has 1 N–H and O–H groups in total. The van der Waals surface area contributed by atoms with Gasteiger partial charge in [0.15, 0.2) is 11.6 Å². The Morgan fingerprint density at radius 3 is 2.72 bits per heavy atom. The van der Waals surface area contributed by atoms with Gasteiger partial charge in [0.1, 0.15) is 11.6 Å². The predicted molar refractivity (Wildman–Crippen MR) is 105 cm³/mol. The zero-order chi connectivity index (χ0) is 21.0. The van der Waals surface area contributed by atoms with Crippen LogP contribution in [0.4, 0.5) is 20.7 Å². The summed E-state index contributed by atoms with van der Waals surface area (Å²) in [5.74, 6) is -0.522. The van der Waals surface area contributed by atoms with Crippen LogP contribution in [-0.4, -0.2) is 59.0 Å². The van der Waals surface area contributed by atoms with Gasteiger partial charge in [-0.15, -0.1) is 0 Å². The van der Waals surface area contributed by atoms with E-state index >= 15 is 0 Å². The summed E-state index contributed by atoms with van der Waals surface area (Å²) in [6.45, 7) is 1.87. The molecule has 1 saturated heterocycles. The molecule has 0 bridgehead atoms. The molecule has 3 rings (SSSR count). The Bertz CT molecular complexity index is 902. The van der Waals surface area contributed by atoms with Crippen molar-refractivity contribution in [3.63, 3.8) is 0 Å². The fourth-order valence-corrected chi connectivity index (χ4v) is 3.10. The lowest BCUT2D eigenvalue weighted by Gasteiger charge is -2.34. The van der Waals surface area contributed by atoms with Crippen LogP contribution in [0.15, 0.2) is 36.5 Å². The van der Waals surface area contributed by atoms with Gasteiger partial charge in [-0.2, -0.15) is 0 Å². The number of hydrogen-bond donors (Lipinski definition) is 1. The summed E-state index contributed by atoms with van der Waals surface area (Å²) in [7, 11) is 3.80. The van der Waals surface area contributed by atoms with Crippen molar-refractivity contribution in [1.29, 1.82) is 0 Å². The van der Waals surface area contributed by atoms with Gasteiger partial charge in [0.25, 0.3) is 5.69 Å². The minimum Gasteiger partial charge on any atom is -0.454 e. The van der Waals surface area contributed by atoms with E-state index in [0.29, 0.717) is 0 Å². The van der Waals surface area contributed by atoms with E-state index in [0.717, 1.165) is 38.1 Å². The number of halogens is 1. The highest BCUT2D eigenvalue weighted by Crippen LogP contribution is 2.28. The van der Waals surface area contributed by atoms with Crippen molar-refractivity contribution in [2.75, 3.05) is 32.5 Å². The zero-order valence-corrected chi connectivity index (χ0v) is 16.2. The monoisotopic (exact) mass is 403 g/mol. The average Bonchev–Trinajstić information content (AvgIpc) is 2.69. The van der Waals surface area contributed by atoms with E-state index in [9.17, 15) is 19.3 Å². The maximum atomic E-state index is 14.0. The summed E-state index contributed by atoms with van der Waals surface area (Å²) in [5, 5.41) is 13.4. The molecule has 0 aliphatic carbocycles. The second-order valence-corrected chi connectivity index (χ2v) is 6.93. The predicted octanol–water partition coefficient (Wildman–Crippen LogP) is 3.48. The van der Waals surface area contributed by atoms with E-state index in [1.165, 1.54) is 24.4 Å². The standard InChI is InChI=1S/C19H22FN5O4/c1-23-9-6-13(7-10-23)24(2)19(26)22-18-12-15(5-8-21-18)29-17-4-3-14(25(27)28)11-16(17)20/h3-5,8,11-13H,6-7,9-10H2,1-2H3,(H,21,22,26). The molecule has 1 aliphatic rings. The van der Waals surface area contributed by atoms with Crippen molar-refractivity contribution in [2.45, 2.75) is 18.9 Å². The van der Waals surface area contributed by atoms with Crippen LogP contribution in [0.3, 0.4) is 0 Å². The zero-order valence-electron chi connectivity index (χ0n) is 16.2. The number of benzene rings is 1. The Morgan fingerprint density at radius 1 is 1.34 bits per heavy atom. The van der Waals surface area contributed by atoms with Gasteiger partial charge in [0, 0.05) is 31.4 Å². The highest BCUT2D eigenvalue weighted by Gasteiger charge is 2.24. The van der Waals surface area contributed by atoms with Crippen LogP contribution in [0.2, 0.25) is 0 Å². The second kappa shape index (κ2) is 8.82. The lowest BCUT2D eigenvalue weighted by molar-refractivity contribution is -0.385.